The first-order chi connectivity index (χ1) is 18.9. The maximum atomic E-state index is 10.1. The molecular weight excluding hydrogens is 543 g/mol. The Morgan fingerprint density at radius 3 is 2.44 bits per heavy atom. The summed E-state index contributed by atoms with van der Waals surface area (Å²) in [6, 6.07) is 8.57. The van der Waals surface area contributed by atoms with E-state index in [0.717, 1.165) is 57.5 Å². The number of piperazine rings is 1. The van der Waals surface area contributed by atoms with Gasteiger partial charge in [-0.3, -0.25) is 9.80 Å². The number of hydrogen-bond donors (Lipinski definition) is 3. The highest BCUT2D eigenvalue weighted by Crippen LogP contribution is 2.33. The zero-order chi connectivity index (χ0) is 27.5. The number of rotatable bonds is 8. The molecule has 4 N–H and O–H groups in total. The third-order valence-electron chi connectivity index (χ3n) is 7.80. The number of anilines is 2. The first kappa shape index (κ1) is 28.0. The Bertz CT molecular complexity index is 1250. The molecular formula is C26H34Cl2N8O3. The van der Waals surface area contributed by atoms with Crippen LogP contribution in [0.15, 0.2) is 28.7 Å². The van der Waals surface area contributed by atoms with Gasteiger partial charge in [-0.2, -0.15) is 0 Å². The van der Waals surface area contributed by atoms with Crippen molar-refractivity contribution in [2.45, 2.75) is 50.9 Å². The summed E-state index contributed by atoms with van der Waals surface area (Å²) in [7, 11) is 0. The van der Waals surface area contributed by atoms with Crippen LogP contribution in [0, 0.1) is 0 Å². The van der Waals surface area contributed by atoms with Gasteiger partial charge in [0, 0.05) is 49.8 Å². The second kappa shape index (κ2) is 12.3. The predicted octanol–water partition coefficient (Wildman–Crippen LogP) is 3.01. The fourth-order valence-electron chi connectivity index (χ4n) is 5.74. The molecule has 39 heavy (non-hydrogen) atoms. The Balaban J connectivity index is 1.23. The van der Waals surface area contributed by atoms with Gasteiger partial charge >= 0.3 is 0 Å². The normalized spacial score (nSPS) is 20.4. The van der Waals surface area contributed by atoms with Crippen LogP contribution in [-0.2, 0) is 6.61 Å². The molecule has 0 aliphatic carbocycles. The largest absolute Gasteiger partial charge is 0.417 e. The Kier molecular flexibility index (Phi) is 8.85. The maximum Gasteiger partial charge on any atom is 0.270 e. The fraction of sp³-hybridized carbons (Fsp3) is 0.538. The molecule has 0 bridgehead atoms. The van der Waals surface area contributed by atoms with E-state index in [1.54, 1.807) is 0 Å². The number of aliphatic hydroxyl groups is 2. The molecule has 4 heterocycles. The zero-order valence-electron chi connectivity index (χ0n) is 21.9. The van der Waals surface area contributed by atoms with Crippen LogP contribution in [0.4, 0.5) is 11.6 Å². The minimum Gasteiger partial charge on any atom is -0.417 e. The number of nitrogen functional groups attached to an aromatic ring is 1. The second-order valence-corrected chi connectivity index (χ2v) is 10.8. The molecule has 2 aromatic heterocycles. The standard InChI is InChI=1S/C26H34Cl2N8O3/c1-2-18-13-35(25-23(28)30-22(24(29)31-25)26-33-32-21(15-38)39-26)11-12-36(18)19-7-9-34(10-8-19)20(14-37)16-3-5-17(27)6-4-16/h3-6,18-20,37-38H,2,7-15H2,1H3,(H2,29,31)/t18-,20-/m0/s1. The lowest BCUT2D eigenvalue weighted by molar-refractivity contribution is 0.0356. The van der Waals surface area contributed by atoms with E-state index in [1.807, 2.05) is 24.3 Å². The van der Waals surface area contributed by atoms with Crippen molar-refractivity contribution in [2.24, 2.45) is 0 Å². The van der Waals surface area contributed by atoms with Gasteiger partial charge in [-0.1, -0.05) is 42.3 Å². The third-order valence-corrected chi connectivity index (χ3v) is 8.31. The van der Waals surface area contributed by atoms with Gasteiger partial charge in [-0.25, -0.2) is 9.97 Å². The zero-order valence-corrected chi connectivity index (χ0v) is 23.4. The van der Waals surface area contributed by atoms with E-state index in [2.05, 4.69) is 41.8 Å². The Morgan fingerprint density at radius 1 is 1.05 bits per heavy atom. The molecule has 2 fully saturated rings. The Hall–Kier alpha value is -2.54. The van der Waals surface area contributed by atoms with Gasteiger partial charge in [0.05, 0.1) is 12.6 Å². The molecule has 0 amide bonds. The summed E-state index contributed by atoms with van der Waals surface area (Å²) in [4.78, 5) is 16.1. The number of likely N-dealkylation sites (tertiary alicyclic amines) is 1. The molecule has 2 aliphatic rings. The molecule has 0 saturated carbocycles. The third kappa shape index (κ3) is 5.98. The van der Waals surface area contributed by atoms with Crippen molar-refractivity contribution in [1.82, 2.24) is 30.0 Å². The van der Waals surface area contributed by atoms with Crippen LogP contribution >= 0.6 is 23.2 Å². The van der Waals surface area contributed by atoms with E-state index in [1.165, 1.54) is 0 Å². The van der Waals surface area contributed by atoms with Crippen molar-refractivity contribution < 1.29 is 14.6 Å². The summed E-state index contributed by atoms with van der Waals surface area (Å²) < 4.78 is 5.36. The van der Waals surface area contributed by atoms with Gasteiger partial charge in [0.2, 0.25) is 5.89 Å². The van der Waals surface area contributed by atoms with Crippen LogP contribution in [0.1, 0.15) is 43.7 Å². The van der Waals surface area contributed by atoms with Gasteiger partial charge in [0.1, 0.15) is 6.61 Å². The lowest BCUT2D eigenvalue weighted by Gasteiger charge is -2.48. The number of halogens is 2. The number of nitrogens with two attached hydrogens (primary N) is 1. The van der Waals surface area contributed by atoms with Gasteiger partial charge in [-0.05, 0) is 37.0 Å². The van der Waals surface area contributed by atoms with Gasteiger partial charge in [0.15, 0.2) is 22.5 Å². The SMILES string of the molecule is CC[C@H]1CN(c2nc(N)c(-c3nnc(CO)o3)nc2Cl)CCN1C1CCN([C@@H](CO)c2ccc(Cl)cc2)CC1. The highest BCUT2D eigenvalue weighted by molar-refractivity contribution is 6.32. The van der Waals surface area contributed by atoms with Crippen LogP contribution in [0.3, 0.4) is 0 Å². The number of nitrogens with zero attached hydrogens (tertiary/aromatic N) is 7. The monoisotopic (exact) mass is 576 g/mol. The van der Waals surface area contributed by atoms with Crippen LogP contribution < -0.4 is 10.6 Å². The van der Waals surface area contributed by atoms with Crippen molar-refractivity contribution >= 4 is 34.8 Å². The molecule has 0 unspecified atom stereocenters. The van der Waals surface area contributed by atoms with Gasteiger partial charge in [0.25, 0.3) is 5.89 Å². The molecule has 1 aromatic carbocycles. The van der Waals surface area contributed by atoms with Crippen LogP contribution in [0.25, 0.3) is 11.6 Å². The average Bonchev–Trinajstić information content (AvgIpc) is 3.45. The van der Waals surface area contributed by atoms with E-state index in [4.69, 9.17) is 33.4 Å². The smallest absolute Gasteiger partial charge is 0.270 e. The second-order valence-electron chi connectivity index (χ2n) is 9.99. The molecule has 210 valence electrons. The Labute approximate surface area is 237 Å². The van der Waals surface area contributed by atoms with Crippen molar-refractivity contribution in [2.75, 3.05) is 50.0 Å². The molecule has 0 radical (unpaired) electrons. The highest BCUT2D eigenvalue weighted by Gasteiger charge is 2.35. The minimum absolute atomic E-state index is 0.0152. The van der Waals surface area contributed by atoms with Crippen LogP contribution in [0.2, 0.25) is 10.2 Å². The highest BCUT2D eigenvalue weighted by atomic mass is 35.5. The van der Waals surface area contributed by atoms with E-state index < -0.39 is 0 Å². The molecule has 11 nitrogen and oxygen atoms in total. The fourth-order valence-corrected chi connectivity index (χ4v) is 6.11. The van der Waals surface area contributed by atoms with E-state index in [0.29, 0.717) is 22.9 Å². The molecule has 2 saturated heterocycles. The molecule has 5 rings (SSSR count). The van der Waals surface area contributed by atoms with E-state index >= 15 is 0 Å². The van der Waals surface area contributed by atoms with Gasteiger partial charge in [-0.15, -0.1) is 10.2 Å². The summed E-state index contributed by atoms with van der Waals surface area (Å²) in [5.41, 5.74) is 7.50. The Morgan fingerprint density at radius 2 is 1.79 bits per heavy atom. The number of aliphatic hydroxyl groups excluding tert-OH is 2. The number of aromatic nitrogens is 4. The number of hydrogen-bond acceptors (Lipinski definition) is 11. The summed E-state index contributed by atoms with van der Waals surface area (Å²) >= 11 is 12.6. The minimum atomic E-state index is -0.377. The maximum absolute atomic E-state index is 10.1. The summed E-state index contributed by atoms with van der Waals surface area (Å²) in [5, 5.41) is 27.8. The first-order valence-corrected chi connectivity index (χ1v) is 14.0. The summed E-state index contributed by atoms with van der Waals surface area (Å²) in [6.07, 6.45) is 3.08. The lowest BCUT2D eigenvalue weighted by atomic mass is 9.96. The van der Waals surface area contributed by atoms with Crippen LogP contribution in [0.5, 0.6) is 0 Å². The quantitative estimate of drug-likeness (QED) is 0.364. The average molecular weight is 578 g/mol. The van der Waals surface area contributed by atoms with Crippen molar-refractivity contribution in [1.29, 1.82) is 0 Å². The van der Waals surface area contributed by atoms with E-state index in [9.17, 15) is 10.2 Å². The van der Waals surface area contributed by atoms with Crippen molar-refractivity contribution in [3.8, 4) is 11.6 Å². The molecule has 3 aromatic rings. The molecule has 2 atom stereocenters. The predicted molar refractivity (Wildman–Crippen MR) is 150 cm³/mol. The topological polar surface area (TPSA) is 141 Å². The van der Waals surface area contributed by atoms with Crippen molar-refractivity contribution in [3.63, 3.8) is 0 Å². The molecule has 2 aliphatic heterocycles. The summed E-state index contributed by atoms with van der Waals surface area (Å²) in [5.74, 6) is 0.821. The van der Waals surface area contributed by atoms with Crippen LogP contribution in [-0.4, -0.2) is 91.6 Å². The number of benzene rings is 1. The molecule has 0 spiro atoms. The van der Waals surface area contributed by atoms with Gasteiger partial charge < -0.3 is 25.3 Å². The summed E-state index contributed by atoms with van der Waals surface area (Å²) in [6.45, 7) is 6.17. The van der Waals surface area contributed by atoms with E-state index in [-0.39, 0.29) is 47.7 Å². The first-order valence-electron chi connectivity index (χ1n) is 13.3. The molecule has 13 heteroatoms. The number of piperidine rings is 1. The lowest BCUT2D eigenvalue weighted by Crippen LogP contribution is -2.58. The van der Waals surface area contributed by atoms with Crippen molar-refractivity contribution in [3.05, 3.63) is 45.9 Å².